The number of pyridine rings is 1. The van der Waals surface area contributed by atoms with E-state index in [-0.39, 0.29) is 6.54 Å². The molecule has 0 aromatic carbocycles. The second-order valence-electron chi connectivity index (χ2n) is 2.92. The Balaban J connectivity index is 2.21. The molecule has 1 saturated heterocycles. The van der Waals surface area contributed by atoms with Crippen LogP contribution in [0.1, 0.15) is 23.0 Å². The molecule has 2 rings (SSSR count). The number of hydrogen-bond donors (Lipinski definition) is 1. The maximum atomic E-state index is 7.54. The Morgan fingerprint density at radius 2 is 2.62 bits per heavy atom. The summed E-state index contributed by atoms with van der Waals surface area (Å²) in [5.41, 5.74) is 1.43. The maximum Gasteiger partial charge on any atom is 0.112 e. The molecule has 2 heterocycles. The van der Waals surface area contributed by atoms with Gasteiger partial charge in [0, 0.05) is 21.5 Å². The first kappa shape index (κ1) is 5.08. The Morgan fingerprint density at radius 3 is 3.38 bits per heavy atom. The first-order valence-corrected chi connectivity index (χ1v) is 4.18. The van der Waals surface area contributed by atoms with Crippen LogP contribution in [0.25, 0.3) is 0 Å². The minimum atomic E-state index is -2.37. The monoisotopic (exact) mass is 182 g/mol. The molecular formula is C10H14N2O. The third-order valence-electron chi connectivity index (χ3n) is 1.87. The Hall–Kier alpha value is -0.930. The van der Waals surface area contributed by atoms with Crippen molar-refractivity contribution in [3.63, 3.8) is 0 Å². The van der Waals surface area contributed by atoms with Gasteiger partial charge in [-0.05, 0) is 19.1 Å². The summed E-state index contributed by atoms with van der Waals surface area (Å²) in [6.45, 7) is -2.52. The average Bonchev–Trinajstić information content (AvgIpc) is 2.22. The summed E-state index contributed by atoms with van der Waals surface area (Å²) in [6, 6.07) is 5.41. The Bertz CT molecular complexity index is 425. The molecule has 13 heavy (non-hydrogen) atoms. The third-order valence-corrected chi connectivity index (χ3v) is 1.87. The van der Waals surface area contributed by atoms with Crippen LogP contribution in [0.15, 0.2) is 18.2 Å². The largest absolute Gasteiger partial charge is 0.369 e. The van der Waals surface area contributed by atoms with E-state index in [2.05, 4.69) is 10.3 Å². The average molecular weight is 182 g/mol. The maximum absolute atomic E-state index is 7.54. The predicted molar refractivity (Wildman–Crippen MR) is 50.5 cm³/mol. The van der Waals surface area contributed by atoms with Gasteiger partial charge in [0.05, 0.1) is 15.0 Å². The molecule has 1 N–H and O–H groups in total. The molecule has 1 aromatic heterocycles. The van der Waals surface area contributed by atoms with Crippen molar-refractivity contribution in [3.05, 3.63) is 29.6 Å². The van der Waals surface area contributed by atoms with Crippen molar-refractivity contribution < 1.29 is 10.2 Å². The Kier molecular flexibility index (Phi) is 1.50. The van der Waals surface area contributed by atoms with E-state index in [0.717, 1.165) is 5.69 Å². The van der Waals surface area contributed by atoms with Crippen LogP contribution in [0.3, 0.4) is 0 Å². The minimum absolute atomic E-state index is 0.197. The van der Waals surface area contributed by atoms with Gasteiger partial charge in [0.1, 0.15) is 6.10 Å². The molecule has 1 unspecified atom stereocenters. The highest BCUT2D eigenvalue weighted by atomic mass is 16.5. The summed E-state index contributed by atoms with van der Waals surface area (Å²) in [6.07, 6.45) is -0.575. The van der Waals surface area contributed by atoms with Crippen molar-refractivity contribution in [3.8, 4) is 0 Å². The summed E-state index contributed by atoms with van der Waals surface area (Å²) >= 11 is 0. The van der Waals surface area contributed by atoms with Gasteiger partial charge in [-0.2, -0.15) is 0 Å². The molecule has 0 bridgehead atoms. The fourth-order valence-electron chi connectivity index (χ4n) is 1.23. The quantitative estimate of drug-likeness (QED) is 0.705. The van der Waals surface area contributed by atoms with Crippen molar-refractivity contribution in [1.29, 1.82) is 0 Å². The molecule has 1 aliphatic heterocycles. The van der Waals surface area contributed by atoms with Crippen LogP contribution in [0.5, 0.6) is 0 Å². The van der Waals surface area contributed by atoms with Gasteiger partial charge in [-0.1, -0.05) is 6.07 Å². The van der Waals surface area contributed by atoms with Gasteiger partial charge in [-0.3, -0.25) is 4.98 Å². The van der Waals surface area contributed by atoms with Crippen molar-refractivity contribution >= 4 is 0 Å². The molecule has 70 valence electrons. The third kappa shape index (κ3) is 2.05. The van der Waals surface area contributed by atoms with E-state index in [1.54, 1.807) is 6.07 Å². The Labute approximate surface area is 83.8 Å². The second kappa shape index (κ2) is 3.85. The molecule has 1 aliphatic rings. The lowest BCUT2D eigenvalue weighted by Crippen LogP contribution is -2.33. The molecule has 0 amide bonds. The number of ether oxygens (including phenoxy) is 1. The lowest BCUT2D eigenvalue weighted by Gasteiger charge is -2.23. The lowest BCUT2D eigenvalue weighted by atomic mass is 10.2. The van der Waals surface area contributed by atoms with Crippen LogP contribution in [0, 0.1) is 6.92 Å². The molecule has 1 aromatic rings. The van der Waals surface area contributed by atoms with E-state index < -0.39 is 19.2 Å². The highest BCUT2D eigenvalue weighted by Crippen LogP contribution is 2.16. The number of nitrogens with zero attached hydrogens (tertiary/aromatic N) is 1. The summed E-state index contributed by atoms with van der Waals surface area (Å²) in [4.78, 5) is 4.26. The lowest BCUT2D eigenvalue weighted by molar-refractivity contribution is 0.0249. The minimum Gasteiger partial charge on any atom is -0.369 e. The number of morpholine rings is 1. The van der Waals surface area contributed by atoms with Crippen LogP contribution in [0.2, 0.25) is 0 Å². The second-order valence-corrected chi connectivity index (χ2v) is 2.92. The van der Waals surface area contributed by atoms with Gasteiger partial charge in [0.2, 0.25) is 0 Å². The standard InChI is InChI=1S/C10H14N2O/c1-8-3-2-4-9(12-8)10-7-11-5-6-13-10/h2-4,10-11H,5-7H2,1H3/i5D2,6D2. The van der Waals surface area contributed by atoms with Gasteiger partial charge in [0.25, 0.3) is 0 Å². The number of aryl methyl sites for hydroxylation is 1. The molecule has 0 radical (unpaired) electrons. The van der Waals surface area contributed by atoms with Crippen LogP contribution in [-0.2, 0) is 4.74 Å². The predicted octanol–water partition coefficient (Wildman–Crippen LogP) is 1.05. The van der Waals surface area contributed by atoms with Crippen LogP contribution in [-0.4, -0.2) is 24.6 Å². The summed E-state index contributed by atoms with van der Waals surface area (Å²) < 4.78 is 35.2. The molecule has 0 aliphatic carbocycles. The van der Waals surface area contributed by atoms with E-state index in [9.17, 15) is 0 Å². The van der Waals surface area contributed by atoms with Gasteiger partial charge in [0.15, 0.2) is 0 Å². The first-order valence-electron chi connectivity index (χ1n) is 6.18. The Morgan fingerprint density at radius 1 is 1.69 bits per heavy atom. The zero-order valence-corrected chi connectivity index (χ0v) is 7.37. The van der Waals surface area contributed by atoms with E-state index in [1.807, 2.05) is 19.1 Å². The molecular weight excluding hydrogens is 164 g/mol. The topological polar surface area (TPSA) is 34.2 Å². The summed E-state index contributed by atoms with van der Waals surface area (Å²) in [5, 5.41) is 2.51. The summed E-state index contributed by atoms with van der Waals surface area (Å²) in [5.74, 6) is 0. The first-order chi connectivity index (χ1) is 7.82. The van der Waals surface area contributed by atoms with Gasteiger partial charge in [-0.15, -0.1) is 0 Å². The molecule has 3 nitrogen and oxygen atoms in total. The molecule has 0 spiro atoms. The normalized spacial score (nSPS) is 35.3. The van der Waals surface area contributed by atoms with E-state index in [1.165, 1.54) is 0 Å². The molecule has 1 fully saturated rings. The van der Waals surface area contributed by atoms with Crippen molar-refractivity contribution in [2.45, 2.75) is 13.0 Å². The fraction of sp³-hybridized carbons (Fsp3) is 0.500. The van der Waals surface area contributed by atoms with Crippen molar-refractivity contribution in [2.24, 2.45) is 0 Å². The molecule has 3 heteroatoms. The van der Waals surface area contributed by atoms with E-state index in [4.69, 9.17) is 10.2 Å². The molecule has 0 saturated carbocycles. The smallest absolute Gasteiger partial charge is 0.112 e. The highest BCUT2D eigenvalue weighted by molar-refractivity contribution is 5.12. The van der Waals surface area contributed by atoms with Crippen LogP contribution < -0.4 is 5.32 Å². The SMILES string of the molecule is [2H]C1([2H])NCC(c2cccc(C)n2)OC1([2H])[2H]. The van der Waals surface area contributed by atoms with Gasteiger partial charge in [-0.25, -0.2) is 0 Å². The molecule has 1 atom stereocenters. The van der Waals surface area contributed by atoms with Crippen molar-refractivity contribution in [1.82, 2.24) is 10.3 Å². The van der Waals surface area contributed by atoms with E-state index >= 15 is 0 Å². The fourth-order valence-corrected chi connectivity index (χ4v) is 1.23. The van der Waals surface area contributed by atoms with Crippen LogP contribution in [0.4, 0.5) is 0 Å². The number of aromatic nitrogens is 1. The van der Waals surface area contributed by atoms with E-state index in [0.29, 0.717) is 5.69 Å². The zero-order chi connectivity index (χ0) is 12.7. The van der Waals surface area contributed by atoms with Crippen molar-refractivity contribution in [2.75, 3.05) is 19.6 Å². The number of rotatable bonds is 1. The number of hydrogen-bond acceptors (Lipinski definition) is 3. The highest BCUT2D eigenvalue weighted by Gasteiger charge is 2.16. The number of nitrogens with one attached hydrogen (secondary N) is 1. The van der Waals surface area contributed by atoms with Gasteiger partial charge < -0.3 is 10.1 Å². The summed E-state index contributed by atoms with van der Waals surface area (Å²) in [7, 11) is 0. The van der Waals surface area contributed by atoms with Crippen LogP contribution >= 0.6 is 0 Å². The van der Waals surface area contributed by atoms with Gasteiger partial charge >= 0.3 is 0 Å². The zero-order valence-electron chi connectivity index (χ0n) is 11.4.